The largest absolute Gasteiger partial charge is 0.478 e. The Hall–Kier alpha value is -3.00. The molecular weight excluding hydrogens is 415 g/mol. The molecule has 0 aliphatic heterocycles. The van der Waals surface area contributed by atoms with Gasteiger partial charge in [0, 0.05) is 30.5 Å². The molecule has 0 saturated heterocycles. The van der Waals surface area contributed by atoms with Crippen LogP contribution in [0.2, 0.25) is 0 Å². The summed E-state index contributed by atoms with van der Waals surface area (Å²) in [7, 11) is 4.13. The van der Waals surface area contributed by atoms with E-state index >= 15 is 0 Å². The van der Waals surface area contributed by atoms with E-state index in [1.807, 2.05) is 0 Å². The Morgan fingerprint density at radius 1 is 1.22 bits per heavy atom. The Labute approximate surface area is 188 Å². The van der Waals surface area contributed by atoms with Crippen LogP contribution in [-0.2, 0) is 14.4 Å². The van der Waals surface area contributed by atoms with Crippen LogP contribution in [0.4, 0.5) is 4.39 Å². The molecule has 1 aromatic carbocycles. The molecule has 0 heterocycles. The Bertz CT molecular complexity index is 815. The first-order valence-corrected chi connectivity index (χ1v) is 10.5. The number of rotatable bonds is 8. The minimum absolute atomic E-state index is 0.207. The summed E-state index contributed by atoms with van der Waals surface area (Å²) in [6, 6.07) is 6.60. The number of hydrogen-bond acceptors (Lipinski definition) is 5. The third-order valence-corrected chi connectivity index (χ3v) is 4.66. The molecule has 0 radical (unpaired) electrons. The van der Waals surface area contributed by atoms with E-state index in [9.17, 15) is 14.0 Å². The van der Waals surface area contributed by atoms with Crippen molar-refractivity contribution in [3.63, 3.8) is 0 Å². The average molecular weight is 449 g/mol. The van der Waals surface area contributed by atoms with Crippen LogP contribution in [0.15, 0.2) is 47.1 Å². The monoisotopic (exact) mass is 448 g/mol. The maximum absolute atomic E-state index is 13.1. The standard InChI is InChI=1S/C20H29FN2O.C4H4O4/c1-15(13-23(3)4)14-24-22-20-16(2)6-5-7-18(20)12-17-8-10-19(21)11-9-17;5-3(6)1-2-4(7)8/h8-12,15-16H,5-7,13-14H2,1-4H3;1-2H,(H,5,6)(H,7,8)/b18-12+,22-20+;2-1+. The molecule has 0 aromatic heterocycles. The fraction of sp³-hybridized carbons (Fsp3) is 0.458. The van der Waals surface area contributed by atoms with Gasteiger partial charge >= 0.3 is 11.9 Å². The lowest BCUT2D eigenvalue weighted by Crippen LogP contribution is -2.23. The van der Waals surface area contributed by atoms with Gasteiger partial charge in [0.2, 0.25) is 0 Å². The number of oxime groups is 1. The lowest BCUT2D eigenvalue weighted by atomic mass is 9.84. The van der Waals surface area contributed by atoms with Crippen molar-refractivity contribution in [1.29, 1.82) is 0 Å². The lowest BCUT2D eigenvalue weighted by molar-refractivity contribution is -0.134. The van der Waals surface area contributed by atoms with Gasteiger partial charge in [0.1, 0.15) is 12.4 Å². The van der Waals surface area contributed by atoms with Gasteiger partial charge in [0.25, 0.3) is 0 Å². The molecule has 0 bridgehead atoms. The lowest BCUT2D eigenvalue weighted by Gasteiger charge is -2.23. The van der Waals surface area contributed by atoms with E-state index < -0.39 is 11.9 Å². The van der Waals surface area contributed by atoms with Crippen molar-refractivity contribution < 1.29 is 29.0 Å². The summed E-state index contributed by atoms with van der Waals surface area (Å²) in [6.07, 6.45) is 6.52. The highest BCUT2D eigenvalue weighted by Gasteiger charge is 2.21. The number of aliphatic carboxylic acids is 2. The fourth-order valence-corrected chi connectivity index (χ4v) is 3.29. The summed E-state index contributed by atoms with van der Waals surface area (Å²) in [5, 5.41) is 20.1. The number of allylic oxidation sites excluding steroid dienone is 1. The van der Waals surface area contributed by atoms with Crippen molar-refractivity contribution >= 4 is 23.7 Å². The number of carbonyl (C=O) groups is 2. The van der Waals surface area contributed by atoms with Gasteiger partial charge in [-0.15, -0.1) is 0 Å². The molecule has 1 aliphatic rings. The highest BCUT2D eigenvalue weighted by Crippen LogP contribution is 2.28. The Morgan fingerprint density at radius 2 is 1.81 bits per heavy atom. The van der Waals surface area contributed by atoms with Crippen molar-refractivity contribution in [1.82, 2.24) is 4.90 Å². The summed E-state index contributed by atoms with van der Waals surface area (Å²) >= 11 is 0. The van der Waals surface area contributed by atoms with E-state index in [0.29, 0.717) is 30.6 Å². The molecule has 2 rings (SSSR count). The molecule has 2 atom stereocenters. The molecule has 1 saturated carbocycles. The quantitative estimate of drug-likeness (QED) is 0.454. The van der Waals surface area contributed by atoms with E-state index in [1.165, 1.54) is 17.7 Å². The molecule has 2 unspecified atom stereocenters. The van der Waals surface area contributed by atoms with E-state index in [1.54, 1.807) is 12.1 Å². The molecule has 1 aromatic rings. The molecule has 176 valence electrons. The highest BCUT2D eigenvalue weighted by atomic mass is 19.1. The van der Waals surface area contributed by atoms with Gasteiger partial charge in [-0.1, -0.05) is 31.1 Å². The van der Waals surface area contributed by atoms with Crippen LogP contribution in [0, 0.1) is 17.7 Å². The molecule has 7 nitrogen and oxygen atoms in total. The van der Waals surface area contributed by atoms with Gasteiger partial charge in [-0.05, 0) is 62.7 Å². The van der Waals surface area contributed by atoms with Gasteiger partial charge in [0.15, 0.2) is 0 Å². The zero-order valence-corrected chi connectivity index (χ0v) is 19.1. The second kappa shape index (κ2) is 14.1. The third-order valence-electron chi connectivity index (χ3n) is 4.66. The minimum atomic E-state index is -1.26. The number of benzene rings is 1. The Kier molecular flexibility index (Phi) is 11.9. The van der Waals surface area contributed by atoms with Crippen LogP contribution in [-0.4, -0.2) is 60.0 Å². The zero-order valence-electron chi connectivity index (χ0n) is 19.1. The maximum atomic E-state index is 13.1. The van der Waals surface area contributed by atoms with Gasteiger partial charge in [-0.25, -0.2) is 14.0 Å². The van der Waals surface area contributed by atoms with E-state index in [2.05, 4.69) is 44.1 Å². The Morgan fingerprint density at radius 3 is 2.34 bits per heavy atom. The fourth-order valence-electron chi connectivity index (χ4n) is 3.29. The number of halogens is 1. The number of carboxylic acid groups (broad SMARTS) is 2. The summed E-state index contributed by atoms with van der Waals surface area (Å²) in [4.78, 5) is 26.9. The second-order valence-corrected chi connectivity index (χ2v) is 8.16. The highest BCUT2D eigenvalue weighted by molar-refractivity contribution is 6.05. The number of hydrogen-bond donors (Lipinski definition) is 2. The van der Waals surface area contributed by atoms with Crippen molar-refractivity contribution in [2.75, 3.05) is 27.2 Å². The molecule has 0 amide bonds. The van der Waals surface area contributed by atoms with Crippen molar-refractivity contribution in [2.24, 2.45) is 17.0 Å². The topological polar surface area (TPSA) is 99.4 Å². The predicted octanol–water partition coefficient (Wildman–Crippen LogP) is 4.31. The van der Waals surface area contributed by atoms with Gasteiger partial charge < -0.3 is 20.0 Å². The molecule has 0 spiro atoms. The van der Waals surface area contributed by atoms with E-state index in [0.717, 1.165) is 37.1 Å². The Balaban J connectivity index is 0.000000547. The van der Waals surface area contributed by atoms with Gasteiger partial charge in [0.05, 0.1) is 5.71 Å². The van der Waals surface area contributed by atoms with Crippen molar-refractivity contribution in [2.45, 2.75) is 33.1 Å². The van der Waals surface area contributed by atoms with Crippen LogP contribution in [0.3, 0.4) is 0 Å². The summed E-state index contributed by atoms with van der Waals surface area (Å²) < 4.78 is 13.1. The second-order valence-electron chi connectivity index (χ2n) is 8.16. The van der Waals surface area contributed by atoms with Crippen LogP contribution < -0.4 is 0 Å². The molecule has 1 fully saturated rings. The summed E-state index contributed by atoms with van der Waals surface area (Å²) in [5.74, 6) is -1.89. The minimum Gasteiger partial charge on any atom is -0.478 e. The zero-order chi connectivity index (χ0) is 24.1. The number of nitrogens with zero attached hydrogens (tertiary/aromatic N) is 2. The first-order valence-electron chi connectivity index (χ1n) is 10.5. The molecule has 2 N–H and O–H groups in total. The smallest absolute Gasteiger partial charge is 0.328 e. The summed E-state index contributed by atoms with van der Waals surface area (Å²) in [5.41, 5.74) is 3.26. The van der Waals surface area contributed by atoms with Crippen LogP contribution in [0.25, 0.3) is 6.08 Å². The number of carboxylic acids is 2. The van der Waals surface area contributed by atoms with Crippen LogP contribution >= 0.6 is 0 Å². The first-order chi connectivity index (χ1) is 15.1. The van der Waals surface area contributed by atoms with Crippen LogP contribution in [0.5, 0.6) is 0 Å². The third kappa shape index (κ3) is 11.4. The first kappa shape index (κ1) is 27.0. The summed E-state index contributed by atoms with van der Waals surface area (Å²) in [6.45, 7) is 5.97. The molecule has 8 heteroatoms. The van der Waals surface area contributed by atoms with E-state index in [-0.39, 0.29) is 5.82 Å². The van der Waals surface area contributed by atoms with E-state index in [4.69, 9.17) is 15.1 Å². The van der Waals surface area contributed by atoms with Crippen molar-refractivity contribution in [3.05, 3.63) is 53.4 Å². The maximum Gasteiger partial charge on any atom is 0.328 e. The average Bonchev–Trinajstić information content (AvgIpc) is 2.70. The van der Waals surface area contributed by atoms with Gasteiger partial charge in [-0.2, -0.15) is 0 Å². The normalized spacial score (nSPS) is 19.6. The SMILES string of the molecule is CC(CO/N=C1/C(=C/c2ccc(F)cc2)CCCC1C)CN(C)C.O=C(O)/C=C/C(=O)O. The van der Waals surface area contributed by atoms with Gasteiger partial charge in [-0.3, -0.25) is 0 Å². The molecular formula is C24H33FN2O5. The predicted molar refractivity (Wildman–Crippen MR) is 123 cm³/mol. The molecule has 1 aliphatic carbocycles. The van der Waals surface area contributed by atoms with Crippen molar-refractivity contribution in [3.8, 4) is 0 Å². The molecule has 32 heavy (non-hydrogen) atoms. The van der Waals surface area contributed by atoms with Crippen LogP contribution in [0.1, 0.15) is 38.7 Å².